The molecular weight excluding hydrogens is 440 g/mol. The summed E-state index contributed by atoms with van der Waals surface area (Å²) in [7, 11) is 0. The molecule has 0 saturated carbocycles. The maximum Gasteiger partial charge on any atom is 0.330 e. The summed E-state index contributed by atoms with van der Waals surface area (Å²) in [5.74, 6) is -3.74. The molecule has 0 heterocycles. The summed E-state index contributed by atoms with van der Waals surface area (Å²) < 4.78 is 4.95. The van der Waals surface area contributed by atoms with Crippen LogP contribution in [0.15, 0.2) is 48.6 Å². The van der Waals surface area contributed by atoms with E-state index < -0.39 is 30.0 Å². The molecule has 0 aliphatic rings. The van der Waals surface area contributed by atoms with E-state index in [0.717, 1.165) is 0 Å². The molecule has 192 valence electrons. The molecule has 0 aromatic heterocycles. The average Bonchev–Trinajstić information content (AvgIpc) is 2.67. The number of hydrogen-bond acceptors (Lipinski definition) is 7. The molecular formula is C22H38O11. The van der Waals surface area contributed by atoms with E-state index in [0.29, 0.717) is 6.61 Å². The van der Waals surface area contributed by atoms with E-state index >= 15 is 0 Å². The molecule has 0 aromatic rings. The molecule has 0 aliphatic heterocycles. The number of aliphatic carboxylic acids is 4. The first kappa shape index (κ1) is 40.1. The third kappa shape index (κ3) is 52.7. The molecule has 0 rings (SSSR count). The summed E-state index contributed by atoms with van der Waals surface area (Å²) in [4.78, 5) is 38.4. The Hall–Kier alpha value is -3.28. The molecule has 0 aromatic carbocycles. The number of aliphatic hydroxyl groups is 2. The first-order valence-electron chi connectivity index (χ1n) is 9.20. The van der Waals surface area contributed by atoms with Gasteiger partial charge in [-0.3, -0.25) is 0 Å². The van der Waals surface area contributed by atoms with E-state index in [2.05, 4.69) is 26.3 Å². The fourth-order valence-corrected chi connectivity index (χ4v) is 0.356. The van der Waals surface area contributed by atoms with Crippen LogP contribution in [0.4, 0.5) is 0 Å². The van der Waals surface area contributed by atoms with Crippen molar-refractivity contribution in [1.82, 2.24) is 0 Å². The Morgan fingerprint density at radius 1 is 0.667 bits per heavy atom. The third-order valence-corrected chi connectivity index (χ3v) is 2.34. The number of rotatable bonds is 8. The number of aliphatic hydroxyl groups excluding tert-OH is 2. The van der Waals surface area contributed by atoms with E-state index in [9.17, 15) is 19.2 Å². The predicted octanol–water partition coefficient (Wildman–Crippen LogP) is 2.35. The lowest BCUT2D eigenvalue weighted by molar-refractivity contribution is -0.133. The number of hydrogen-bond donors (Lipinski definition) is 6. The van der Waals surface area contributed by atoms with Crippen molar-refractivity contribution in [2.45, 2.75) is 53.8 Å². The molecule has 0 spiro atoms. The fraction of sp³-hybridized carbons (Fsp3) is 0.455. The van der Waals surface area contributed by atoms with Crippen molar-refractivity contribution in [3.63, 3.8) is 0 Å². The van der Waals surface area contributed by atoms with E-state index in [1.165, 1.54) is 27.7 Å². The quantitative estimate of drug-likeness (QED) is 0.280. The van der Waals surface area contributed by atoms with Gasteiger partial charge in [0.05, 0.1) is 25.4 Å². The minimum absolute atomic E-state index is 0.00667. The van der Waals surface area contributed by atoms with Crippen LogP contribution in [-0.2, 0) is 23.9 Å². The zero-order valence-electron chi connectivity index (χ0n) is 20.1. The van der Waals surface area contributed by atoms with Crippen LogP contribution >= 0.6 is 0 Å². The lowest BCUT2D eigenvalue weighted by atomic mass is 10.4. The zero-order chi connectivity index (χ0) is 27.9. The van der Waals surface area contributed by atoms with Gasteiger partial charge in [-0.05, 0) is 41.5 Å². The minimum Gasteiger partial charge on any atom is -0.478 e. The molecule has 6 N–H and O–H groups in total. The van der Waals surface area contributed by atoms with Gasteiger partial charge in [-0.2, -0.15) is 0 Å². The van der Waals surface area contributed by atoms with Gasteiger partial charge in [0.25, 0.3) is 0 Å². The maximum absolute atomic E-state index is 9.60. The van der Waals surface area contributed by atoms with Crippen LogP contribution in [0.3, 0.4) is 0 Å². The minimum atomic E-state index is -0.935. The van der Waals surface area contributed by atoms with Crippen LogP contribution in [0.2, 0.25) is 0 Å². The predicted molar refractivity (Wildman–Crippen MR) is 124 cm³/mol. The largest absolute Gasteiger partial charge is 0.478 e. The Labute approximate surface area is 194 Å². The molecule has 0 radical (unpaired) electrons. The highest BCUT2D eigenvalue weighted by Gasteiger charge is 2.00. The van der Waals surface area contributed by atoms with Crippen molar-refractivity contribution in [3.8, 4) is 0 Å². The first-order valence-corrected chi connectivity index (χ1v) is 9.20. The number of carbonyl (C=O) groups is 4. The topological polar surface area (TPSA) is 199 Å². The van der Waals surface area contributed by atoms with Gasteiger partial charge in [-0.15, -0.1) is 0 Å². The van der Waals surface area contributed by atoms with Crippen LogP contribution in [0.1, 0.15) is 41.5 Å². The number of carboxylic acids is 4. The van der Waals surface area contributed by atoms with Crippen LogP contribution in [0.5, 0.6) is 0 Å². The summed E-state index contributed by atoms with van der Waals surface area (Å²) in [6.45, 7) is 22.1. The second-order valence-corrected chi connectivity index (χ2v) is 6.52. The van der Waals surface area contributed by atoms with Gasteiger partial charge in [0.2, 0.25) is 0 Å². The zero-order valence-corrected chi connectivity index (χ0v) is 20.1. The van der Waals surface area contributed by atoms with Gasteiger partial charge in [0, 0.05) is 22.3 Å². The number of carboxylic acid groups (broad SMARTS) is 4. The van der Waals surface area contributed by atoms with Crippen molar-refractivity contribution >= 4 is 23.9 Å². The maximum atomic E-state index is 9.60. The molecule has 0 aliphatic carbocycles. The van der Waals surface area contributed by atoms with Gasteiger partial charge >= 0.3 is 23.9 Å². The van der Waals surface area contributed by atoms with Crippen LogP contribution in [-0.4, -0.2) is 79.9 Å². The Kier molecular flexibility index (Phi) is 30.4. The van der Waals surface area contributed by atoms with E-state index in [4.69, 9.17) is 35.4 Å². The van der Waals surface area contributed by atoms with Gasteiger partial charge in [-0.25, -0.2) is 19.2 Å². The van der Waals surface area contributed by atoms with Gasteiger partial charge in [0.15, 0.2) is 0 Å². The highest BCUT2D eigenvalue weighted by molar-refractivity contribution is 5.85. The van der Waals surface area contributed by atoms with Crippen LogP contribution in [0, 0.1) is 0 Å². The Morgan fingerprint density at radius 3 is 0.939 bits per heavy atom. The Balaban J connectivity index is -0.000000100. The standard InChI is InChI=1S/C6H14O3.4C4H6O2/c1-5(8)4-9-6(2)3-7;4*1-3(2)4(5)6/h5-8H,3-4H2,1-2H3;4*1H2,2H3,(H,5,6). The van der Waals surface area contributed by atoms with Crippen LogP contribution < -0.4 is 0 Å². The van der Waals surface area contributed by atoms with Crippen molar-refractivity contribution in [3.05, 3.63) is 48.6 Å². The molecule has 2 atom stereocenters. The Bertz CT molecular complexity index is 517. The second-order valence-electron chi connectivity index (χ2n) is 6.52. The van der Waals surface area contributed by atoms with Crippen LogP contribution in [0.25, 0.3) is 0 Å². The highest BCUT2D eigenvalue weighted by Crippen LogP contribution is 1.90. The molecule has 11 nitrogen and oxygen atoms in total. The van der Waals surface area contributed by atoms with Gasteiger partial charge in [-0.1, -0.05) is 26.3 Å². The summed E-state index contributed by atoms with van der Waals surface area (Å²) >= 11 is 0. The summed E-state index contributed by atoms with van der Waals surface area (Å²) in [6.07, 6.45) is -0.612. The smallest absolute Gasteiger partial charge is 0.330 e. The van der Waals surface area contributed by atoms with Crippen molar-refractivity contribution in [1.29, 1.82) is 0 Å². The van der Waals surface area contributed by atoms with Gasteiger partial charge < -0.3 is 35.4 Å². The molecule has 2 unspecified atom stereocenters. The van der Waals surface area contributed by atoms with Crippen molar-refractivity contribution in [2.75, 3.05) is 13.2 Å². The highest BCUT2D eigenvalue weighted by atomic mass is 16.5. The molecule has 0 saturated heterocycles. The average molecular weight is 479 g/mol. The van der Waals surface area contributed by atoms with E-state index in [1.54, 1.807) is 13.8 Å². The fourth-order valence-electron chi connectivity index (χ4n) is 0.356. The molecule has 33 heavy (non-hydrogen) atoms. The van der Waals surface area contributed by atoms with E-state index in [1.807, 2.05) is 0 Å². The van der Waals surface area contributed by atoms with Gasteiger partial charge in [0.1, 0.15) is 0 Å². The van der Waals surface area contributed by atoms with Crippen molar-refractivity contribution < 1.29 is 54.6 Å². The third-order valence-electron chi connectivity index (χ3n) is 2.34. The van der Waals surface area contributed by atoms with E-state index in [-0.39, 0.29) is 35.0 Å². The summed E-state index contributed by atoms with van der Waals surface area (Å²) in [6, 6.07) is 0. The molecule has 0 bridgehead atoms. The lowest BCUT2D eigenvalue weighted by Crippen LogP contribution is -2.19. The second kappa shape index (κ2) is 25.0. The SMILES string of the molecule is C=C(C)C(=O)O.C=C(C)C(=O)O.C=C(C)C(=O)O.C=C(C)C(=O)O.CC(O)COC(C)CO. The molecule has 11 heteroatoms. The lowest BCUT2D eigenvalue weighted by Gasteiger charge is -2.10. The normalized spacial score (nSPS) is 10.2. The Morgan fingerprint density at radius 2 is 0.848 bits per heavy atom. The monoisotopic (exact) mass is 478 g/mol. The van der Waals surface area contributed by atoms with Crippen molar-refractivity contribution in [2.24, 2.45) is 0 Å². The summed E-state index contributed by atoms with van der Waals surface area (Å²) in [5.41, 5.74) is 0.704. The molecule has 0 amide bonds. The number of ether oxygens (including phenoxy) is 1. The summed E-state index contributed by atoms with van der Waals surface area (Å²) in [5, 5.41) is 48.7. The first-order chi connectivity index (χ1) is 14.7. The molecule has 0 fully saturated rings.